The molecule has 2 aliphatic heterocycles. The van der Waals surface area contributed by atoms with Crippen LogP contribution in [0, 0.1) is 0 Å². The Morgan fingerprint density at radius 3 is 3.05 bits per heavy atom. The minimum Gasteiger partial charge on any atom is -0.331 e. The zero-order chi connectivity index (χ0) is 14.4. The Balaban J connectivity index is 1.69. The van der Waals surface area contributed by atoms with Crippen LogP contribution in [-0.4, -0.2) is 51.0 Å². The van der Waals surface area contributed by atoms with Gasteiger partial charge in [0.15, 0.2) is 0 Å². The molecule has 2 unspecified atom stereocenters. The van der Waals surface area contributed by atoms with E-state index >= 15 is 0 Å². The summed E-state index contributed by atoms with van der Waals surface area (Å²) in [5, 5.41) is 11.5. The van der Waals surface area contributed by atoms with Crippen LogP contribution in [0.1, 0.15) is 29.6 Å². The first-order valence-electron chi connectivity index (χ1n) is 7.57. The number of hydrogen-bond donors (Lipinski definition) is 1. The van der Waals surface area contributed by atoms with Crippen molar-refractivity contribution in [1.29, 1.82) is 0 Å². The number of aromatic nitrogens is 3. The molecule has 1 amide bonds. The normalized spacial score (nSPS) is 25.3. The number of rotatable bonds is 1. The highest BCUT2D eigenvalue weighted by molar-refractivity contribution is 5.97. The van der Waals surface area contributed by atoms with Crippen LogP contribution in [0.3, 0.4) is 0 Å². The van der Waals surface area contributed by atoms with Gasteiger partial charge in [-0.25, -0.2) is 4.68 Å². The molecule has 6 nitrogen and oxygen atoms in total. The van der Waals surface area contributed by atoms with Gasteiger partial charge in [-0.2, -0.15) is 0 Å². The number of nitrogens with one attached hydrogen (secondary N) is 1. The van der Waals surface area contributed by atoms with Crippen LogP contribution in [0.2, 0.25) is 0 Å². The van der Waals surface area contributed by atoms with E-state index in [1.54, 1.807) is 4.68 Å². The molecule has 2 aromatic rings. The number of nitrogens with zero attached hydrogens (tertiary/aromatic N) is 4. The molecule has 110 valence electrons. The molecule has 2 bridgehead atoms. The number of fused-ring (bicyclic) bond motifs is 3. The highest BCUT2D eigenvalue weighted by Gasteiger charge is 2.38. The van der Waals surface area contributed by atoms with E-state index < -0.39 is 0 Å². The Hall–Kier alpha value is -1.95. The van der Waals surface area contributed by atoms with Crippen molar-refractivity contribution in [3.05, 3.63) is 23.8 Å². The van der Waals surface area contributed by atoms with E-state index in [9.17, 15) is 4.79 Å². The molecule has 0 spiro atoms. The minimum atomic E-state index is 0.138. The van der Waals surface area contributed by atoms with Crippen LogP contribution in [0.25, 0.3) is 11.0 Å². The van der Waals surface area contributed by atoms with Crippen LogP contribution < -0.4 is 5.32 Å². The van der Waals surface area contributed by atoms with Crippen molar-refractivity contribution in [2.24, 2.45) is 7.05 Å². The molecule has 2 fully saturated rings. The van der Waals surface area contributed by atoms with Crippen LogP contribution >= 0.6 is 0 Å². The highest BCUT2D eigenvalue weighted by Crippen LogP contribution is 2.30. The third-order valence-electron chi connectivity index (χ3n) is 4.75. The van der Waals surface area contributed by atoms with Crippen LogP contribution in [0.4, 0.5) is 0 Å². The smallest absolute Gasteiger partial charge is 0.254 e. The predicted molar refractivity (Wildman–Crippen MR) is 79.0 cm³/mol. The van der Waals surface area contributed by atoms with Crippen molar-refractivity contribution in [1.82, 2.24) is 25.2 Å². The Kier molecular flexibility index (Phi) is 2.92. The van der Waals surface area contributed by atoms with E-state index in [1.807, 2.05) is 25.2 Å². The lowest BCUT2D eigenvalue weighted by Gasteiger charge is -2.28. The summed E-state index contributed by atoms with van der Waals surface area (Å²) >= 11 is 0. The Bertz CT molecular complexity index is 680. The minimum absolute atomic E-state index is 0.138. The summed E-state index contributed by atoms with van der Waals surface area (Å²) in [6, 6.07) is 6.41. The van der Waals surface area contributed by atoms with Crippen molar-refractivity contribution in [3.63, 3.8) is 0 Å². The second kappa shape index (κ2) is 4.80. The van der Waals surface area contributed by atoms with Crippen molar-refractivity contribution in [2.75, 3.05) is 13.1 Å². The van der Waals surface area contributed by atoms with Gasteiger partial charge in [-0.15, -0.1) is 5.10 Å². The fourth-order valence-electron chi connectivity index (χ4n) is 3.64. The highest BCUT2D eigenvalue weighted by atomic mass is 16.2. The molecule has 2 aliphatic rings. The molecular weight excluding hydrogens is 266 g/mol. The molecule has 0 aliphatic carbocycles. The second-order valence-electron chi connectivity index (χ2n) is 6.01. The summed E-state index contributed by atoms with van der Waals surface area (Å²) in [5.74, 6) is 0.138. The van der Waals surface area contributed by atoms with Gasteiger partial charge in [-0.05, 0) is 44.0 Å². The van der Waals surface area contributed by atoms with E-state index in [4.69, 9.17) is 0 Å². The zero-order valence-electron chi connectivity index (χ0n) is 12.1. The Labute approximate surface area is 123 Å². The monoisotopic (exact) mass is 285 g/mol. The number of benzene rings is 1. The average molecular weight is 285 g/mol. The fraction of sp³-hybridized carbons (Fsp3) is 0.533. The molecule has 1 N–H and O–H groups in total. The van der Waals surface area contributed by atoms with Crippen LogP contribution in [0.5, 0.6) is 0 Å². The number of aryl methyl sites for hydroxylation is 1. The molecule has 21 heavy (non-hydrogen) atoms. The predicted octanol–water partition coefficient (Wildman–Crippen LogP) is 0.935. The first kappa shape index (κ1) is 12.8. The summed E-state index contributed by atoms with van der Waals surface area (Å²) in [4.78, 5) is 15.0. The number of amides is 1. The van der Waals surface area contributed by atoms with E-state index in [0.29, 0.717) is 12.1 Å². The maximum Gasteiger partial charge on any atom is 0.254 e. The maximum absolute atomic E-state index is 12.9. The summed E-state index contributed by atoms with van der Waals surface area (Å²) in [5.41, 5.74) is 2.46. The number of carbonyl (C=O) groups is 1. The molecule has 0 radical (unpaired) electrons. The quantitative estimate of drug-likeness (QED) is 0.847. The molecule has 4 rings (SSSR count). The van der Waals surface area contributed by atoms with Crippen LogP contribution in [-0.2, 0) is 7.05 Å². The molecule has 1 aromatic heterocycles. The van der Waals surface area contributed by atoms with Crippen molar-refractivity contribution in [3.8, 4) is 0 Å². The van der Waals surface area contributed by atoms with Gasteiger partial charge in [0.1, 0.15) is 5.52 Å². The fourth-order valence-corrected chi connectivity index (χ4v) is 3.64. The maximum atomic E-state index is 12.9. The molecule has 2 atom stereocenters. The topological polar surface area (TPSA) is 63.1 Å². The van der Waals surface area contributed by atoms with Crippen LogP contribution in [0.15, 0.2) is 18.2 Å². The SMILES string of the molecule is Cn1nnc2cc(C(=O)N3C4CCNCC3CC4)ccc21. The summed E-state index contributed by atoms with van der Waals surface area (Å²) < 4.78 is 1.73. The summed E-state index contributed by atoms with van der Waals surface area (Å²) in [7, 11) is 1.86. The van der Waals surface area contributed by atoms with E-state index in [2.05, 4.69) is 20.5 Å². The molecule has 3 heterocycles. The van der Waals surface area contributed by atoms with E-state index in [0.717, 1.165) is 48.9 Å². The van der Waals surface area contributed by atoms with Crippen molar-refractivity contribution < 1.29 is 4.79 Å². The zero-order valence-corrected chi connectivity index (χ0v) is 12.1. The Morgan fingerprint density at radius 2 is 2.14 bits per heavy atom. The standard InChI is InChI=1S/C15H19N5O/c1-19-14-5-2-10(8-13(14)17-18-19)15(21)20-11-3-4-12(20)9-16-7-6-11/h2,5,8,11-12,16H,3-4,6-7,9H2,1H3. The van der Waals surface area contributed by atoms with Gasteiger partial charge in [0.2, 0.25) is 0 Å². The average Bonchev–Trinajstić information content (AvgIpc) is 2.97. The van der Waals surface area contributed by atoms with Crippen molar-refractivity contribution >= 4 is 16.9 Å². The van der Waals surface area contributed by atoms with Gasteiger partial charge < -0.3 is 10.2 Å². The lowest BCUT2D eigenvalue weighted by atomic mass is 10.1. The van der Waals surface area contributed by atoms with Gasteiger partial charge in [0.05, 0.1) is 5.52 Å². The largest absolute Gasteiger partial charge is 0.331 e. The summed E-state index contributed by atoms with van der Waals surface area (Å²) in [6.45, 7) is 1.92. The van der Waals surface area contributed by atoms with E-state index in [-0.39, 0.29) is 5.91 Å². The second-order valence-corrected chi connectivity index (χ2v) is 6.01. The summed E-state index contributed by atoms with van der Waals surface area (Å²) in [6.07, 6.45) is 3.29. The third kappa shape index (κ3) is 2.01. The molecule has 0 saturated carbocycles. The van der Waals surface area contributed by atoms with Gasteiger partial charge in [0.25, 0.3) is 5.91 Å². The molecular formula is C15H19N5O. The lowest BCUT2D eigenvalue weighted by Crippen LogP contribution is -2.42. The first-order valence-corrected chi connectivity index (χ1v) is 7.57. The van der Waals surface area contributed by atoms with E-state index in [1.165, 1.54) is 0 Å². The Morgan fingerprint density at radius 1 is 1.29 bits per heavy atom. The molecule has 1 aromatic carbocycles. The number of carbonyl (C=O) groups excluding carboxylic acids is 1. The van der Waals surface area contributed by atoms with Gasteiger partial charge in [0, 0.05) is 31.2 Å². The van der Waals surface area contributed by atoms with Gasteiger partial charge in [-0.1, -0.05) is 5.21 Å². The third-order valence-corrected chi connectivity index (χ3v) is 4.75. The first-order chi connectivity index (χ1) is 10.2. The van der Waals surface area contributed by atoms with Gasteiger partial charge >= 0.3 is 0 Å². The number of hydrogen-bond acceptors (Lipinski definition) is 4. The molecule has 6 heteroatoms. The lowest BCUT2D eigenvalue weighted by molar-refractivity contribution is 0.0680. The van der Waals surface area contributed by atoms with Gasteiger partial charge in [-0.3, -0.25) is 4.79 Å². The van der Waals surface area contributed by atoms with Crippen molar-refractivity contribution in [2.45, 2.75) is 31.3 Å². The molecule has 2 saturated heterocycles.